The Hall–Kier alpha value is -2.44. The van der Waals surface area contributed by atoms with Crippen LogP contribution in [0.5, 0.6) is 0 Å². The van der Waals surface area contributed by atoms with Crippen molar-refractivity contribution in [3.05, 3.63) is 52.8 Å². The molecule has 0 amide bonds. The number of aromatic nitrogens is 3. The summed E-state index contributed by atoms with van der Waals surface area (Å²) in [4.78, 5) is 15.3. The predicted molar refractivity (Wildman–Crippen MR) is 80.8 cm³/mol. The number of nitrogens with zero attached hydrogens (tertiary/aromatic N) is 3. The van der Waals surface area contributed by atoms with E-state index in [2.05, 4.69) is 10.1 Å². The van der Waals surface area contributed by atoms with Crippen LogP contribution in [0.4, 0.5) is 0 Å². The Kier molecular flexibility index (Phi) is 3.56. The molecule has 2 aromatic heterocycles. The Balaban J connectivity index is 2.21. The van der Waals surface area contributed by atoms with Crippen molar-refractivity contribution in [2.45, 2.75) is 13.0 Å². The minimum Gasteiger partial charge on any atom is -0.479 e. The number of carboxylic acids is 1. The summed E-state index contributed by atoms with van der Waals surface area (Å²) in [5.41, 5.74) is 2.44. The highest BCUT2D eigenvalue weighted by atomic mass is 35.5. The van der Waals surface area contributed by atoms with E-state index in [0.29, 0.717) is 17.0 Å². The SMILES string of the molecule is Cc1nc2cc(-c3ccccc3)nn2c(Cl)c1C(O)C(=O)O. The molecule has 0 saturated heterocycles. The van der Waals surface area contributed by atoms with Crippen LogP contribution in [0.1, 0.15) is 17.4 Å². The number of aryl methyl sites for hydroxylation is 1. The van der Waals surface area contributed by atoms with Crippen molar-refractivity contribution >= 4 is 23.2 Å². The summed E-state index contributed by atoms with van der Waals surface area (Å²) in [6.07, 6.45) is -1.74. The molecular weight excluding hydrogens is 306 g/mol. The molecule has 0 saturated carbocycles. The van der Waals surface area contributed by atoms with Gasteiger partial charge in [-0.1, -0.05) is 41.9 Å². The molecule has 0 fully saturated rings. The van der Waals surface area contributed by atoms with E-state index >= 15 is 0 Å². The molecule has 1 atom stereocenters. The van der Waals surface area contributed by atoms with Gasteiger partial charge < -0.3 is 10.2 Å². The molecule has 2 heterocycles. The first-order valence-corrected chi connectivity index (χ1v) is 6.89. The molecule has 0 aliphatic rings. The summed E-state index contributed by atoms with van der Waals surface area (Å²) in [7, 11) is 0. The number of aliphatic carboxylic acids is 1. The van der Waals surface area contributed by atoms with Crippen LogP contribution in [0.2, 0.25) is 5.15 Å². The number of aliphatic hydroxyl groups is 1. The molecule has 0 radical (unpaired) electrons. The van der Waals surface area contributed by atoms with Crippen molar-refractivity contribution in [3.8, 4) is 11.3 Å². The van der Waals surface area contributed by atoms with Crippen LogP contribution in [0.15, 0.2) is 36.4 Å². The van der Waals surface area contributed by atoms with Crippen LogP contribution in [0.3, 0.4) is 0 Å². The number of fused-ring (bicyclic) bond motifs is 1. The number of benzene rings is 1. The van der Waals surface area contributed by atoms with Gasteiger partial charge >= 0.3 is 5.97 Å². The number of carboxylic acid groups (broad SMARTS) is 1. The third kappa shape index (κ3) is 2.32. The second-order valence-corrected chi connectivity index (χ2v) is 5.17. The Bertz CT molecular complexity index is 861. The predicted octanol–water partition coefficient (Wildman–Crippen LogP) is 2.48. The monoisotopic (exact) mass is 317 g/mol. The summed E-state index contributed by atoms with van der Waals surface area (Å²) in [6.45, 7) is 1.60. The molecule has 1 aromatic carbocycles. The summed E-state index contributed by atoms with van der Waals surface area (Å²) >= 11 is 6.22. The van der Waals surface area contributed by atoms with Gasteiger partial charge in [0.2, 0.25) is 0 Å². The van der Waals surface area contributed by atoms with Crippen LogP contribution in [-0.2, 0) is 4.79 Å². The van der Waals surface area contributed by atoms with Gasteiger partial charge in [-0.2, -0.15) is 5.10 Å². The van der Waals surface area contributed by atoms with Gasteiger partial charge in [-0.25, -0.2) is 14.3 Å². The fourth-order valence-corrected chi connectivity index (χ4v) is 2.64. The zero-order valence-corrected chi connectivity index (χ0v) is 12.3. The van der Waals surface area contributed by atoms with E-state index in [1.807, 2.05) is 30.3 Å². The lowest BCUT2D eigenvalue weighted by Gasteiger charge is -2.11. The van der Waals surface area contributed by atoms with E-state index in [1.165, 1.54) is 4.52 Å². The van der Waals surface area contributed by atoms with Crippen molar-refractivity contribution < 1.29 is 15.0 Å². The quantitative estimate of drug-likeness (QED) is 0.725. The first-order chi connectivity index (χ1) is 10.5. The maximum Gasteiger partial charge on any atom is 0.337 e. The smallest absolute Gasteiger partial charge is 0.337 e. The Morgan fingerprint density at radius 3 is 2.64 bits per heavy atom. The normalized spacial score (nSPS) is 12.5. The first-order valence-electron chi connectivity index (χ1n) is 6.51. The van der Waals surface area contributed by atoms with Gasteiger partial charge in [0, 0.05) is 17.3 Å². The first kappa shape index (κ1) is 14.5. The van der Waals surface area contributed by atoms with Crippen LogP contribution in [0, 0.1) is 6.92 Å². The molecule has 2 N–H and O–H groups in total. The fraction of sp³-hybridized carbons (Fsp3) is 0.133. The lowest BCUT2D eigenvalue weighted by atomic mass is 10.1. The topological polar surface area (TPSA) is 87.7 Å². The van der Waals surface area contributed by atoms with E-state index in [9.17, 15) is 9.90 Å². The summed E-state index contributed by atoms with van der Waals surface area (Å²) in [5, 5.41) is 23.1. The Morgan fingerprint density at radius 1 is 1.32 bits per heavy atom. The molecule has 0 bridgehead atoms. The minimum atomic E-state index is -1.74. The molecule has 112 valence electrons. The maximum atomic E-state index is 11.0. The average Bonchev–Trinajstić information content (AvgIpc) is 2.92. The van der Waals surface area contributed by atoms with Gasteiger partial charge in [-0.3, -0.25) is 0 Å². The third-order valence-corrected chi connectivity index (χ3v) is 3.71. The van der Waals surface area contributed by atoms with Crippen molar-refractivity contribution in [2.24, 2.45) is 0 Å². The molecule has 1 unspecified atom stereocenters. The molecule has 22 heavy (non-hydrogen) atoms. The number of aliphatic hydroxyl groups excluding tert-OH is 1. The average molecular weight is 318 g/mol. The minimum absolute atomic E-state index is 0.0413. The third-order valence-electron chi connectivity index (χ3n) is 3.35. The second-order valence-electron chi connectivity index (χ2n) is 4.81. The highest BCUT2D eigenvalue weighted by molar-refractivity contribution is 6.30. The molecule has 7 heteroatoms. The second kappa shape index (κ2) is 5.40. The fourth-order valence-electron chi connectivity index (χ4n) is 2.27. The lowest BCUT2D eigenvalue weighted by molar-refractivity contribution is -0.147. The van der Waals surface area contributed by atoms with Gasteiger partial charge in [-0.15, -0.1) is 0 Å². The Labute approximate surface area is 130 Å². The molecule has 0 spiro atoms. The molecule has 6 nitrogen and oxygen atoms in total. The largest absolute Gasteiger partial charge is 0.479 e. The number of carbonyl (C=O) groups is 1. The maximum absolute atomic E-state index is 11.0. The molecule has 0 aliphatic heterocycles. The van der Waals surface area contributed by atoms with Crippen LogP contribution < -0.4 is 0 Å². The zero-order chi connectivity index (χ0) is 15.9. The Morgan fingerprint density at radius 2 is 2.00 bits per heavy atom. The van der Waals surface area contributed by atoms with Crippen molar-refractivity contribution in [1.82, 2.24) is 14.6 Å². The van der Waals surface area contributed by atoms with E-state index in [4.69, 9.17) is 16.7 Å². The van der Waals surface area contributed by atoms with E-state index in [1.54, 1.807) is 13.0 Å². The summed E-state index contributed by atoms with van der Waals surface area (Å²) in [6, 6.07) is 11.2. The standard InChI is InChI=1S/C15H12ClN3O3/c1-8-12(13(20)15(21)22)14(16)19-11(17-8)7-10(18-19)9-5-3-2-4-6-9/h2-7,13,20H,1H3,(H,21,22). The van der Waals surface area contributed by atoms with E-state index in [-0.39, 0.29) is 10.7 Å². The highest BCUT2D eigenvalue weighted by Gasteiger charge is 2.25. The van der Waals surface area contributed by atoms with E-state index in [0.717, 1.165) is 5.56 Å². The highest BCUT2D eigenvalue weighted by Crippen LogP contribution is 2.28. The van der Waals surface area contributed by atoms with Gasteiger partial charge in [0.15, 0.2) is 11.8 Å². The number of halogens is 1. The summed E-state index contributed by atoms with van der Waals surface area (Å²) < 4.78 is 1.33. The zero-order valence-electron chi connectivity index (χ0n) is 11.6. The van der Waals surface area contributed by atoms with Crippen molar-refractivity contribution in [3.63, 3.8) is 0 Å². The molecule has 3 rings (SSSR count). The number of hydrogen-bond donors (Lipinski definition) is 2. The van der Waals surface area contributed by atoms with Crippen LogP contribution in [0.25, 0.3) is 16.9 Å². The summed E-state index contributed by atoms with van der Waals surface area (Å²) in [5.74, 6) is -1.39. The number of rotatable bonds is 3. The molecule has 3 aromatic rings. The van der Waals surface area contributed by atoms with Crippen LogP contribution in [-0.4, -0.2) is 30.8 Å². The van der Waals surface area contributed by atoms with Crippen molar-refractivity contribution in [2.75, 3.05) is 0 Å². The molecule has 0 aliphatic carbocycles. The molecular formula is C15H12ClN3O3. The van der Waals surface area contributed by atoms with E-state index < -0.39 is 12.1 Å². The van der Waals surface area contributed by atoms with Gasteiger partial charge in [0.25, 0.3) is 0 Å². The van der Waals surface area contributed by atoms with Gasteiger partial charge in [-0.05, 0) is 6.92 Å². The van der Waals surface area contributed by atoms with Crippen molar-refractivity contribution in [1.29, 1.82) is 0 Å². The van der Waals surface area contributed by atoms with Gasteiger partial charge in [0.1, 0.15) is 5.15 Å². The lowest BCUT2D eigenvalue weighted by Crippen LogP contribution is -2.15. The number of hydrogen-bond acceptors (Lipinski definition) is 4. The van der Waals surface area contributed by atoms with Crippen LogP contribution >= 0.6 is 11.6 Å². The van der Waals surface area contributed by atoms with Gasteiger partial charge in [0.05, 0.1) is 11.3 Å².